The molecule has 0 saturated carbocycles. The Balaban J connectivity index is 2.16. The Morgan fingerprint density at radius 1 is 1.10 bits per heavy atom. The lowest BCUT2D eigenvalue weighted by atomic mass is 9.84. The molecular weight excluding hydrogens is 533 g/mol. The molecule has 0 aliphatic heterocycles. The number of hydrogen-bond donors (Lipinski definition) is 1. The quantitative estimate of drug-likeness (QED) is 0.279. The third kappa shape index (κ3) is 6.95. The van der Waals surface area contributed by atoms with Crippen LogP contribution in [0.2, 0.25) is 0 Å². The number of anilines is 1. The Kier molecular flexibility index (Phi) is 8.71. The minimum atomic E-state index is -4.72. The second-order valence-electron chi connectivity index (χ2n) is 8.85. The first-order valence-corrected chi connectivity index (χ1v) is 11.7. The lowest BCUT2D eigenvalue weighted by Crippen LogP contribution is -2.41. The third-order valence-electron chi connectivity index (χ3n) is 6.11. The number of amides is 1. The maximum atomic E-state index is 13.8. The van der Waals surface area contributed by atoms with Crippen LogP contribution in [0.15, 0.2) is 48.5 Å². The van der Waals surface area contributed by atoms with Gasteiger partial charge in [0, 0.05) is 30.6 Å². The van der Waals surface area contributed by atoms with E-state index in [1.807, 2.05) is 0 Å². The zero-order chi connectivity index (χ0) is 29.1. The molecule has 39 heavy (non-hydrogen) atoms. The second kappa shape index (κ2) is 11.5. The van der Waals surface area contributed by atoms with E-state index >= 15 is 0 Å². The van der Waals surface area contributed by atoms with Crippen molar-refractivity contribution in [3.05, 3.63) is 82.3 Å². The number of hydrogen-bond acceptors (Lipinski definition) is 4. The topological polar surface area (TPSA) is 67.2 Å². The molecule has 210 valence electrons. The van der Waals surface area contributed by atoms with Crippen LogP contribution in [0, 0.1) is 12.7 Å². The van der Waals surface area contributed by atoms with Gasteiger partial charge in [0.25, 0.3) is 5.91 Å². The van der Waals surface area contributed by atoms with Gasteiger partial charge in [-0.2, -0.15) is 31.4 Å². The summed E-state index contributed by atoms with van der Waals surface area (Å²) in [6.07, 6.45) is -9.02. The number of carbonyl (C=O) groups excluding carboxylic acids is 2. The Morgan fingerprint density at radius 2 is 1.74 bits per heavy atom. The zero-order valence-corrected chi connectivity index (χ0v) is 21.1. The van der Waals surface area contributed by atoms with Crippen LogP contribution in [-0.2, 0) is 17.5 Å². The first-order valence-electron chi connectivity index (χ1n) is 11.7. The Morgan fingerprint density at radius 3 is 2.28 bits per heavy atom. The van der Waals surface area contributed by atoms with Crippen molar-refractivity contribution in [3.63, 3.8) is 0 Å². The van der Waals surface area contributed by atoms with Crippen LogP contribution >= 0.6 is 0 Å². The summed E-state index contributed by atoms with van der Waals surface area (Å²) in [5, 5.41) is 6.45. The van der Waals surface area contributed by atoms with Gasteiger partial charge < -0.3 is 15.0 Å². The van der Waals surface area contributed by atoms with Crippen molar-refractivity contribution >= 4 is 18.0 Å². The highest BCUT2D eigenvalue weighted by atomic mass is 19.4. The predicted octanol–water partition coefficient (Wildman–Crippen LogP) is 5.50. The monoisotopic (exact) mass is 558 g/mol. The average molecular weight is 558 g/mol. The molecule has 0 spiro atoms. The van der Waals surface area contributed by atoms with Gasteiger partial charge in [0.05, 0.1) is 17.3 Å². The van der Waals surface area contributed by atoms with Crippen molar-refractivity contribution in [1.82, 2.24) is 15.1 Å². The Hall–Kier alpha value is -3.90. The number of nitrogens with zero attached hydrogens (tertiary/aromatic N) is 3. The summed E-state index contributed by atoms with van der Waals surface area (Å²) < 4.78 is 94.1. The minimum absolute atomic E-state index is 0.0156. The lowest BCUT2D eigenvalue weighted by Gasteiger charge is -2.29. The van der Waals surface area contributed by atoms with Gasteiger partial charge in [0.15, 0.2) is 0 Å². The summed E-state index contributed by atoms with van der Waals surface area (Å²) in [5.74, 6) is -2.79. The van der Waals surface area contributed by atoms with Crippen molar-refractivity contribution in [1.29, 1.82) is 0 Å². The summed E-state index contributed by atoms with van der Waals surface area (Å²) in [6, 6.07) is 6.87. The maximum Gasteiger partial charge on any atom is 0.416 e. The molecule has 1 amide bonds. The fourth-order valence-electron chi connectivity index (χ4n) is 4.27. The van der Waals surface area contributed by atoms with Crippen LogP contribution in [0.1, 0.15) is 45.6 Å². The molecule has 1 aromatic heterocycles. The molecule has 0 saturated heterocycles. The predicted molar refractivity (Wildman–Crippen MR) is 129 cm³/mol. The smallest absolute Gasteiger partial charge is 0.360 e. The summed E-state index contributed by atoms with van der Waals surface area (Å²) in [4.78, 5) is 26.8. The SMILES string of the molecule is CCN(C)c1c(C(c2ccc(F)cc2)C(C=O)NC(=O)c2cccc(C(F)(F)F)c2)c(C)nn1CC(F)(F)F. The van der Waals surface area contributed by atoms with Crippen molar-refractivity contribution in [2.24, 2.45) is 0 Å². The third-order valence-corrected chi connectivity index (χ3v) is 6.11. The first-order chi connectivity index (χ1) is 18.2. The van der Waals surface area contributed by atoms with E-state index in [0.717, 1.165) is 35.0 Å². The fourth-order valence-corrected chi connectivity index (χ4v) is 4.27. The molecule has 0 aliphatic rings. The van der Waals surface area contributed by atoms with Crippen LogP contribution < -0.4 is 10.2 Å². The molecule has 2 unspecified atom stereocenters. The van der Waals surface area contributed by atoms with E-state index in [0.29, 0.717) is 12.4 Å². The highest BCUT2D eigenvalue weighted by Gasteiger charge is 2.37. The molecule has 3 rings (SSSR count). The average Bonchev–Trinajstić information content (AvgIpc) is 3.17. The van der Waals surface area contributed by atoms with E-state index in [2.05, 4.69) is 10.4 Å². The van der Waals surface area contributed by atoms with Crippen LogP contribution in [0.4, 0.5) is 36.6 Å². The molecule has 0 radical (unpaired) electrons. The van der Waals surface area contributed by atoms with E-state index in [-0.39, 0.29) is 34.7 Å². The number of carbonyl (C=O) groups is 2. The molecule has 2 aromatic carbocycles. The summed E-state index contributed by atoms with van der Waals surface area (Å²) in [7, 11) is 1.52. The maximum absolute atomic E-state index is 13.8. The first kappa shape index (κ1) is 29.7. The number of aromatic nitrogens is 2. The Labute approximate surface area is 219 Å². The minimum Gasteiger partial charge on any atom is -0.360 e. The van der Waals surface area contributed by atoms with Crippen molar-refractivity contribution in [3.8, 4) is 0 Å². The second-order valence-corrected chi connectivity index (χ2v) is 8.85. The Bertz CT molecular complexity index is 1320. The van der Waals surface area contributed by atoms with Crippen LogP contribution in [0.5, 0.6) is 0 Å². The van der Waals surface area contributed by atoms with Gasteiger partial charge in [-0.15, -0.1) is 0 Å². The van der Waals surface area contributed by atoms with Gasteiger partial charge in [-0.1, -0.05) is 18.2 Å². The normalized spacial score (nSPS) is 13.6. The highest BCUT2D eigenvalue weighted by Crippen LogP contribution is 2.38. The van der Waals surface area contributed by atoms with Gasteiger partial charge in [0.1, 0.15) is 24.5 Å². The van der Waals surface area contributed by atoms with E-state index in [4.69, 9.17) is 0 Å². The lowest BCUT2D eigenvalue weighted by molar-refractivity contribution is -0.142. The standard InChI is InChI=1S/C26H25F7N4O2/c1-4-36(3)24-21(15(2)35-37(24)14-25(28,29)30)22(16-8-10-19(27)11-9-16)20(13-38)34-23(39)17-6-5-7-18(12-17)26(31,32)33/h5-13,20,22H,4,14H2,1-3H3,(H,34,39). The highest BCUT2D eigenvalue weighted by molar-refractivity contribution is 5.96. The van der Waals surface area contributed by atoms with E-state index in [1.165, 1.54) is 31.0 Å². The summed E-state index contributed by atoms with van der Waals surface area (Å²) >= 11 is 0. The number of aldehydes is 1. The van der Waals surface area contributed by atoms with E-state index < -0.39 is 48.1 Å². The zero-order valence-electron chi connectivity index (χ0n) is 21.1. The van der Waals surface area contributed by atoms with Crippen molar-refractivity contribution in [2.45, 2.75) is 44.7 Å². The fraction of sp³-hybridized carbons (Fsp3) is 0.346. The van der Waals surface area contributed by atoms with Crippen LogP contribution in [-0.4, -0.2) is 47.8 Å². The molecule has 2 atom stereocenters. The molecule has 13 heteroatoms. The molecule has 1 heterocycles. The van der Waals surface area contributed by atoms with Gasteiger partial charge in [-0.3, -0.25) is 4.79 Å². The molecule has 0 fully saturated rings. The molecule has 6 nitrogen and oxygen atoms in total. The number of alkyl halides is 6. The number of halogens is 7. The summed E-state index contributed by atoms with van der Waals surface area (Å²) in [6.45, 7) is 1.92. The van der Waals surface area contributed by atoms with Gasteiger partial charge in [0.2, 0.25) is 0 Å². The van der Waals surface area contributed by atoms with E-state index in [1.54, 1.807) is 6.92 Å². The molecule has 3 aromatic rings. The van der Waals surface area contributed by atoms with Crippen LogP contribution in [0.25, 0.3) is 0 Å². The van der Waals surface area contributed by atoms with E-state index in [9.17, 15) is 40.3 Å². The molecule has 1 N–H and O–H groups in total. The summed E-state index contributed by atoms with van der Waals surface area (Å²) in [5.41, 5.74) is -0.923. The van der Waals surface area contributed by atoms with Gasteiger partial charge in [-0.25, -0.2) is 9.07 Å². The molecule has 0 aliphatic carbocycles. The number of benzene rings is 2. The van der Waals surface area contributed by atoms with Gasteiger partial charge in [-0.05, 0) is 49.7 Å². The number of nitrogens with one attached hydrogen (secondary N) is 1. The van der Waals surface area contributed by atoms with Gasteiger partial charge >= 0.3 is 12.4 Å². The van der Waals surface area contributed by atoms with Crippen LogP contribution in [0.3, 0.4) is 0 Å². The largest absolute Gasteiger partial charge is 0.416 e. The van der Waals surface area contributed by atoms with Crippen molar-refractivity contribution in [2.75, 3.05) is 18.5 Å². The molecule has 0 bridgehead atoms. The number of rotatable bonds is 9. The number of aryl methyl sites for hydroxylation is 1. The van der Waals surface area contributed by atoms with Crippen molar-refractivity contribution < 1.29 is 40.3 Å². The molecular formula is C26H25F7N4O2.